The van der Waals surface area contributed by atoms with E-state index in [0.717, 1.165) is 0 Å². The molecule has 0 spiro atoms. The zero-order valence-electron chi connectivity index (χ0n) is 13.3. The summed E-state index contributed by atoms with van der Waals surface area (Å²) in [6.45, 7) is 0. The van der Waals surface area contributed by atoms with Gasteiger partial charge in [0, 0.05) is 0 Å². The van der Waals surface area contributed by atoms with Crippen LogP contribution in [0.2, 0.25) is 0 Å². The molecule has 22 heavy (non-hydrogen) atoms. The van der Waals surface area contributed by atoms with Crippen LogP contribution in [0.25, 0.3) is 21.5 Å². The van der Waals surface area contributed by atoms with Crippen molar-refractivity contribution < 1.29 is 24.2 Å². The molecular formula is C21H22Zr-4. The minimum absolute atomic E-state index is 0. The zero-order chi connectivity index (χ0) is 14.2. The Labute approximate surface area is 149 Å². The van der Waals surface area contributed by atoms with Crippen molar-refractivity contribution in [2.75, 3.05) is 0 Å². The molecule has 0 amide bonds. The Hall–Kier alpha value is -1.59. The van der Waals surface area contributed by atoms with E-state index < -0.39 is 0 Å². The van der Waals surface area contributed by atoms with E-state index in [9.17, 15) is 0 Å². The molecule has 0 heterocycles. The maximum Gasteiger partial charge on any atom is -0.0771 e. The molecule has 4 rings (SSSR count). The van der Waals surface area contributed by atoms with E-state index in [2.05, 4.69) is 58.8 Å². The Bertz CT molecular complexity index is 680. The SMILES string of the molecule is [CH2]=[Zr].[CH3-].[CH3-].c1cc[cH-]c1.c1ccc2c(c1)[cH-]c1ccccc12. The number of hydrogen-bond acceptors (Lipinski definition) is 0. The zero-order valence-corrected chi connectivity index (χ0v) is 15.7. The second kappa shape index (κ2) is 11.0. The predicted octanol–water partition coefficient (Wildman–Crippen LogP) is 5.98. The molecule has 0 aliphatic heterocycles. The van der Waals surface area contributed by atoms with Gasteiger partial charge in [-0.1, -0.05) is 36.4 Å². The van der Waals surface area contributed by atoms with Crippen LogP contribution in [0.4, 0.5) is 0 Å². The van der Waals surface area contributed by atoms with Crippen molar-refractivity contribution in [2.45, 2.75) is 0 Å². The van der Waals surface area contributed by atoms with Crippen molar-refractivity contribution in [3.63, 3.8) is 0 Å². The van der Waals surface area contributed by atoms with Crippen LogP contribution in [0, 0.1) is 14.9 Å². The topological polar surface area (TPSA) is 0 Å². The second-order valence-electron chi connectivity index (χ2n) is 4.28. The third-order valence-electron chi connectivity index (χ3n) is 3.08. The summed E-state index contributed by atoms with van der Waals surface area (Å²) in [7, 11) is 0. The van der Waals surface area contributed by atoms with E-state index in [-0.39, 0.29) is 14.9 Å². The molecule has 1 heteroatoms. The number of hydrogen-bond donors (Lipinski definition) is 0. The molecule has 114 valence electrons. The Morgan fingerprint density at radius 1 is 0.636 bits per heavy atom. The monoisotopic (exact) mass is 364 g/mol. The van der Waals surface area contributed by atoms with Gasteiger partial charge in [0.15, 0.2) is 0 Å². The van der Waals surface area contributed by atoms with Crippen LogP contribution in [0.1, 0.15) is 0 Å². The van der Waals surface area contributed by atoms with E-state index in [4.69, 9.17) is 0 Å². The fourth-order valence-corrected chi connectivity index (χ4v) is 2.22. The summed E-state index contributed by atoms with van der Waals surface area (Å²) in [6.07, 6.45) is 0. The van der Waals surface area contributed by atoms with Gasteiger partial charge in [0.1, 0.15) is 0 Å². The van der Waals surface area contributed by atoms with Crippen LogP contribution in [0.3, 0.4) is 0 Å². The first-order chi connectivity index (χ1) is 9.95. The van der Waals surface area contributed by atoms with Crippen molar-refractivity contribution >= 4 is 25.8 Å². The minimum atomic E-state index is 0. The van der Waals surface area contributed by atoms with Crippen LogP contribution in [-0.4, -0.2) is 4.21 Å². The van der Waals surface area contributed by atoms with Crippen molar-refractivity contribution in [2.24, 2.45) is 0 Å². The first-order valence-electron chi connectivity index (χ1n) is 6.50. The second-order valence-corrected chi connectivity index (χ2v) is 4.28. The average Bonchev–Trinajstić information content (AvgIpc) is 3.20. The summed E-state index contributed by atoms with van der Waals surface area (Å²) in [4.78, 5) is 0. The van der Waals surface area contributed by atoms with Crippen molar-refractivity contribution in [1.82, 2.24) is 0 Å². The van der Waals surface area contributed by atoms with Gasteiger partial charge in [-0.05, 0) is 0 Å². The largest absolute Gasteiger partial charge is 0.358 e. The first kappa shape index (κ1) is 20.4. The molecule has 0 nitrogen and oxygen atoms in total. The van der Waals surface area contributed by atoms with Crippen LogP contribution in [-0.2, 0) is 24.2 Å². The van der Waals surface area contributed by atoms with Crippen molar-refractivity contribution in [3.05, 3.63) is 99.8 Å². The molecule has 0 N–H and O–H groups in total. The van der Waals surface area contributed by atoms with Gasteiger partial charge in [0.2, 0.25) is 0 Å². The number of rotatable bonds is 0. The molecule has 0 unspecified atom stereocenters. The van der Waals surface area contributed by atoms with Gasteiger partial charge in [0.25, 0.3) is 0 Å². The summed E-state index contributed by atoms with van der Waals surface area (Å²) in [5.41, 5.74) is 0. The van der Waals surface area contributed by atoms with E-state index in [1.807, 2.05) is 30.3 Å². The maximum absolute atomic E-state index is 3.34. The molecule has 0 aliphatic carbocycles. The molecule has 0 bridgehead atoms. The molecule has 0 aromatic heterocycles. The van der Waals surface area contributed by atoms with Crippen molar-refractivity contribution in [3.8, 4) is 0 Å². The van der Waals surface area contributed by atoms with Gasteiger partial charge >= 0.3 is 28.4 Å². The summed E-state index contributed by atoms with van der Waals surface area (Å²) in [5, 5.41) is 5.39. The number of benzene rings is 2. The molecule has 0 atom stereocenters. The third-order valence-corrected chi connectivity index (χ3v) is 3.08. The van der Waals surface area contributed by atoms with E-state index >= 15 is 0 Å². The third kappa shape index (κ3) is 5.00. The Morgan fingerprint density at radius 2 is 1.05 bits per heavy atom. The van der Waals surface area contributed by atoms with Gasteiger partial charge < -0.3 is 14.9 Å². The average molecular weight is 366 g/mol. The van der Waals surface area contributed by atoms with Gasteiger partial charge in [-0.15, -0.1) is 39.7 Å². The Morgan fingerprint density at radius 3 is 1.41 bits per heavy atom. The Balaban J connectivity index is 0.000000422. The standard InChI is InChI=1S/C13H9.C5H5.2CH3.CH2.Zr/c1-3-7-12-10(5-1)9-11-6-2-4-8-13(11)12;1-2-4-5-3-1;;;;/h1-9H;1-5H;2*1H3;1H2;/q4*-1;;. The summed E-state index contributed by atoms with van der Waals surface area (Å²) in [6, 6.07) is 29.3. The minimum Gasteiger partial charge on any atom is -0.358 e. The molecular weight excluding hydrogens is 343 g/mol. The van der Waals surface area contributed by atoms with Gasteiger partial charge in [-0.25, -0.2) is 12.1 Å². The molecule has 0 saturated carbocycles. The first-order valence-corrected chi connectivity index (χ1v) is 8.24. The maximum atomic E-state index is 3.34. The predicted molar refractivity (Wildman–Crippen MR) is 99.0 cm³/mol. The van der Waals surface area contributed by atoms with Gasteiger partial charge in [0.05, 0.1) is 0 Å². The number of fused-ring (bicyclic) bond motifs is 3. The normalized spacial score (nSPS) is 8.50. The summed E-state index contributed by atoms with van der Waals surface area (Å²) >= 11 is 1.30. The van der Waals surface area contributed by atoms with Crippen LogP contribution in [0.5, 0.6) is 0 Å². The van der Waals surface area contributed by atoms with E-state index in [0.29, 0.717) is 0 Å². The fraction of sp³-hybridized carbons (Fsp3) is 0. The molecule has 0 saturated heterocycles. The van der Waals surface area contributed by atoms with Crippen molar-refractivity contribution in [1.29, 1.82) is 0 Å². The molecule has 4 aromatic rings. The molecule has 4 aromatic carbocycles. The summed E-state index contributed by atoms with van der Waals surface area (Å²) < 4.78 is 3.34. The molecule has 0 aliphatic rings. The van der Waals surface area contributed by atoms with Gasteiger partial charge in [-0.3, -0.25) is 0 Å². The van der Waals surface area contributed by atoms with Crippen LogP contribution < -0.4 is 0 Å². The Kier molecular flexibility index (Phi) is 10.2. The van der Waals surface area contributed by atoms with E-state index in [1.165, 1.54) is 45.8 Å². The van der Waals surface area contributed by atoms with E-state index in [1.54, 1.807) is 0 Å². The van der Waals surface area contributed by atoms with Crippen LogP contribution in [0.15, 0.2) is 84.9 Å². The van der Waals surface area contributed by atoms with Crippen LogP contribution >= 0.6 is 0 Å². The quantitative estimate of drug-likeness (QED) is 0.336. The summed E-state index contributed by atoms with van der Waals surface area (Å²) in [5.74, 6) is 0. The molecule has 0 fully saturated rings. The fourth-order valence-electron chi connectivity index (χ4n) is 2.22. The molecule has 0 radical (unpaired) electrons. The smallest absolute Gasteiger partial charge is 0.0771 e. The van der Waals surface area contributed by atoms with Gasteiger partial charge in [-0.2, -0.15) is 18.2 Å².